The lowest BCUT2D eigenvalue weighted by atomic mass is 9.98. The summed E-state index contributed by atoms with van der Waals surface area (Å²) in [6.45, 7) is 0. The molecule has 10 nitrogen and oxygen atoms in total. The average Bonchev–Trinajstić information content (AvgIpc) is 2.45. The molecule has 0 bridgehead atoms. The molecule has 1 saturated heterocycles. The van der Waals surface area contributed by atoms with Crippen LogP contribution in [0.2, 0.25) is 0 Å². The van der Waals surface area contributed by atoms with E-state index < -0.39 is 60.6 Å². The number of imide groups is 1. The van der Waals surface area contributed by atoms with Crippen LogP contribution in [-0.2, 0) is 24.0 Å². The zero-order valence-corrected chi connectivity index (χ0v) is 9.98. The van der Waals surface area contributed by atoms with Gasteiger partial charge in [0, 0.05) is 0 Å². The summed E-state index contributed by atoms with van der Waals surface area (Å²) in [6, 6.07) is -1.99. The SMILES string of the molecule is O=C(O)C[C@@H](C(=O)O)N1C(=O)C[C@](O)(CC(=O)O)C1=O. The Morgan fingerprint density at radius 2 is 1.70 bits per heavy atom. The number of nitrogens with zero attached hydrogens (tertiary/aromatic N) is 1. The second-order valence-corrected chi connectivity index (χ2v) is 4.30. The molecule has 0 aromatic carbocycles. The van der Waals surface area contributed by atoms with Crippen LogP contribution in [0.1, 0.15) is 19.3 Å². The van der Waals surface area contributed by atoms with Crippen LogP contribution in [0.4, 0.5) is 0 Å². The van der Waals surface area contributed by atoms with E-state index in [4.69, 9.17) is 15.3 Å². The topological polar surface area (TPSA) is 170 Å². The van der Waals surface area contributed by atoms with Crippen LogP contribution in [0.5, 0.6) is 0 Å². The van der Waals surface area contributed by atoms with E-state index in [0.29, 0.717) is 0 Å². The van der Waals surface area contributed by atoms with Gasteiger partial charge in [-0.15, -0.1) is 0 Å². The standard InChI is InChI=1S/C10H11NO9/c12-5-2-10(20,3-7(15)16)9(19)11(5)4(8(17)18)1-6(13)14/h4,20H,1-3H2,(H,13,14)(H,15,16)(H,17,18)/t4-,10-/m0/s1. The van der Waals surface area contributed by atoms with E-state index in [1.165, 1.54) is 0 Å². The first kappa shape index (κ1) is 15.6. The number of aliphatic hydroxyl groups is 1. The molecule has 1 fully saturated rings. The quantitative estimate of drug-likeness (QED) is 0.399. The number of likely N-dealkylation sites (tertiary alicyclic amines) is 1. The molecule has 0 aromatic heterocycles. The minimum atomic E-state index is -2.55. The van der Waals surface area contributed by atoms with E-state index in [0.717, 1.165) is 0 Å². The van der Waals surface area contributed by atoms with Crippen molar-refractivity contribution in [2.75, 3.05) is 0 Å². The Bertz CT molecular complexity index is 499. The van der Waals surface area contributed by atoms with Gasteiger partial charge in [0.05, 0.1) is 19.3 Å². The van der Waals surface area contributed by atoms with Crippen molar-refractivity contribution in [1.82, 2.24) is 4.90 Å². The molecule has 2 amide bonds. The van der Waals surface area contributed by atoms with Crippen molar-refractivity contribution < 1.29 is 44.4 Å². The lowest BCUT2D eigenvalue weighted by Crippen LogP contribution is -2.49. The van der Waals surface area contributed by atoms with E-state index in [-0.39, 0.29) is 4.90 Å². The fourth-order valence-electron chi connectivity index (χ4n) is 1.91. The molecule has 1 rings (SSSR count). The molecule has 4 N–H and O–H groups in total. The van der Waals surface area contributed by atoms with Crippen molar-refractivity contribution in [3.05, 3.63) is 0 Å². The predicted molar refractivity (Wildman–Crippen MR) is 57.3 cm³/mol. The maximum atomic E-state index is 11.8. The van der Waals surface area contributed by atoms with Gasteiger partial charge in [-0.3, -0.25) is 24.1 Å². The molecule has 0 saturated carbocycles. The van der Waals surface area contributed by atoms with Gasteiger partial charge in [0.25, 0.3) is 5.91 Å². The Morgan fingerprint density at radius 3 is 2.10 bits per heavy atom. The van der Waals surface area contributed by atoms with Crippen molar-refractivity contribution in [1.29, 1.82) is 0 Å². The molecule has 1 aliphatic rings. The summed E-state index contributed by atoms with van der Waals surface area (Å²) < 4.78 is 0. The molecule has 110 valence electrons. The Labute approximate surface area is 111 Å². The van der Waals surface area contributed by atoms with Gasteiger partial charge in [0.1, 0.15) is 6.04 Å². The summed E-state index contributed by atoms with van der Waals surface area (Å²) >= 11 is 0. The van der Waals surface area contributed by atoms with E-state index in [9.17, 15) is 29.1 Å². The number of carbonyl (C=O) groups excluding carboxylic acids is 2. The van der Waals surface area contributed by atoms with Crippen LogP contribution in [0.15, 0.2) is 0 Å². The summed E-state index contributed by atoms with van der Waals surface area (Å²) in [6.07, 6.45) is -3.02. The molecular formula is C10H11NO9. The number of aliphatic carboxylic acids is 3. The maximum absolute atomic E-state index is 11.8. The fraction of sp³-hybridized carbons (Fsp3) is 0.500. The normalized spacial score (nSPS) is 23.8. The van der Waals surface area contributed by atoms with Gasteiger partial charge in [-0.05, 0) is 0 Å². The highest BCUT2D eigenvalue weighted by molar-refractivity contribution is 6.11. The van der Waals surface area contributed by atoms with E-state index in [1.807, 2.05) is 0 Å². The lowest BCUT2D eigenvalue weighted by molar-refractivity contribution is -0.162. The number of rotatable bonds is 6. The van der Waals surface area contributed by atoms with Crippen LogP contribution >= 0.6 is 0 Å². The molecule has 1 aliphatic heterocycles. The van der Waals surface area contributed by atoms with Crippen LogP contribution in [0.3, 0.4) is 0 Å². The Hall–Kier alpha value is -2.49. The number of carboxylic acid groups (broad SMARTS) is 3. The lowest BCUT2D eigenvalue weighted by Gasteiger charge is -2.23. The predicted octanol–water partition coefficient (Wildman–Crippen LogP) is -2.12. The molecule has 20 heavy (non-hydrogen) atoms. The monoisotopic (exact) mass is 289 g/mol. The minimum Gasteiger partial charge on any atom is -0.481 e. The highest BCUT2D eigenvalue weighted by atomic mass is 16.4. The third-order valence-electron chi connectivity index (χ3n) is 2.74. The first-order valence-electron chi connectivity index (χ1n) is 5.34. The van der Waals surface area contributed by atoms with E-state index in [2.05, 4.69) is 0 Å². The number of hydrogen-bond acceptors (Lipinski definition) is 6. The van der Waals surface area contributed by atoms with E-state index in [1.54, 1.807) is 0 Å². The fourth-order valence-corrected chi connectivity index (χ4v) is 1.91. The molecule has 0 aliphatic carbocycles. The van der Waals surface area contributed by atoms with Gasteiger partial charge < -0.3 is 20.4 Å². The van der Waals surface area contributed by atoms with Crippen molar-refractivity contribution in [2.24, 2.45) is 0 Å². The molecule has 0 unspecified atom stereocenters. The van der Waals surface area contributed by atoms with Gasteiger partial charge in [-0.25, -0.2) is 4.79 Å². The molecule has 2 atom stereocenters. The van der Waals surface area contributed by atoms with Crippen molar-refractivity contribution in [2.45, 2.75) is 30.9 Å². The molecule has 10 heteroatoms. The van der Waals surface area contributed by atoms with Crippen molar-refractivity contribution >= 4 is 29.7 Å². The zero-order chi connectivity index (χ0) is 15.7. The molecule has 0 radical (unpaired) electrons. The second kappa shape index (κ2) is 5.25. The number of amides is 2. The summed E-state index contributed by atoms with van der Waals surface area (Å²) in [5.74, 6) is -7.41. The molecule has 0 spiro atoms. The third-order valence-corrected chi connectivity index (χ3v) is 2.74. The van der Waals surface area contributed by atoms with Crippen LogP contribution in [0, 0.1) is 0 Å². The van der Waals surface area contributed by atoms with E-state index >= 15 is 0 Å². The van der Waals surface area contributed by atoms with Gasteiger partial charge in [-0.1, -0.05) is 0 Å². The highest BCUT2D eigenvalue weighted by Crippen LogP contribution is 2.30. The third kappa shape index (κ3) is 2.91. The highest BCUT2D eigenvalue weighted by Gasteiger charge is 2.55. The largest absolute Gasteiger partial charge is 0.481 e. The molecule has 0 aromatic rings. The summed E-state index contributed by atoms with van der Waals surface area (Å²) in [5.41, 5.74) is -2.55. The van der Waals surface area contributed by atoms with Gasteiger partial charge >= 0.3 is 17.9 Å². The van der Waals surface area contributed by atoms with Crippen LogP contribution < -0.4 is 0 Å². The Morgan fingerprint density at radius 1 is 1.15 bits per heavy atom. The average molecular weight is 289 g/mol. The zero-order valence-electron chi connectivity index (χ0n) is 9.98. The van der Waals surface area contributed by atoms with Gasteiger partial charge in [0.15, 0.2) is 5.60 Å². The summed E-state index contributed by atoms with van der Waals surface area (Å²) in [7, 11) is 0. The number of carbonyl (C=O) groups is 5. The van der Waals surface area contributed by atoms with Crippen molar-refractivity contribution in [3.63, 3.8) is 0 Å². The van der Waals surface area contributed by atoms with Crippen LogP contribution in [0.25, 0.3) is 0 Å². The van der Waals surface area contributed by atoms with Crippen molar-refractivity contribution in [3.8, 4) is 0 Å². The Kier molecular flexibility index (Phi) is 4.08. The second-order valence-electron chi connectivity index (χ2n) is 4.30. The smallest absolute Gasteiger partial charge is 0.327 e. The van der Waals surface area contributed by atoms with Gasteiger partial charge in [0.2, 0.25) is 5.91 Å². The molecular weight excluding hydrogens is 278 g/mol. The Balaban J connectivity index is 3.09. The number of carboxylic acids is 3. The summed E-state index contributed by atoms with van der Waals surface area (Å²) in [5, 5.41) is 35.8. The molecule has 1 heterocycles. The minimum absolute atomic E-state index is 0.0966. The maximum Gasteiger partial charge on any atom is 0.327 e. The first-order chi connectivity index (χ1) is 9.08. The number of hydrogen-bond donors (Lipinski definition) is 4. The van der Waals surface area contributed by atoms with Gasteiger partial charge in [-0.2, -0.15) is 0 Å². The summed E-state index contributed by atoms with van der Waals surface area (Å²) in [4.78, 5) is 55.6. The van der Waals surface area contributed by atoms with Crippen LogP contribution in [-0.4, -0.2) is 66.7 Å². The first-order valence-corrected chi connectivity index (χ1v) is 5.34.